The van der Waals surface area contributed by atoms with Gasteiger partial charge in [-0.1, -0.05) is 0 Å². The summed E-state index contributed by atoms with van der Waals surface area (Å²) in [5, 5.41) is 6.39. The van der Waals surface area contributed by atoms with E-state index in [2.05, 4.69) is 10.3 Å². The molecule has 1 aliphatic heterocycles. The molecule has 1 fully saturated rings. The molecule has 1 N–H and O–H groups in total. The highest BCUT2D eigenvalue weighted by Gasteiger charge is 2.18. The molecule has 1 atom stereocenters. The molecular formula is C11H16F2N2OS. The van der Waals surface area contributed by atoms with E-state index in [-0.39, 0.29) is 0 Å². The van der Waals surface area contributed by atoms with Crippen LogP contribution in [0, 0.1) is 0 Å². The quantitative estimate of drug-likeness (QED) is 0.799. The first kappa shape index (κ1) is 12.9. The molecule has 3 nitrogen and oxygen atoms in total. The van der Waals surface area contributed by atoms with E-state index in [9.17, 15) is 8.78 Å². The molecule has 0 aliphatic carbocycles. The van der Waals surface area contributed by atoms with E-state index >= 15 is 0 Å². The van der Waals surface area contributed by atoms with Crippen LogP contribution < -0.4 is 5.32 Å². The summed E-state index contributed by atoms with van der Waals surface area (Å²) >= 11 is 1.58. The van der Waals surface area contributed by atoms with Crippen molar-refractivity contribution in [3.63, 3.8) is 0 Å². The van der Waals surface area contributed by atoms with E-state index in [0.29, 0.717) is 19.1 Å². The minimum Gasteiger partial charge on any atom is -0.375 e. The fraction of sp³-hybridized carbons (Fsp3) is 0.727. The molecule has 0 amide bonds. The van der Waals surface area contributed by atoms with Gasteiger partial charge < -0.3 is 10.1 Å². The third-order valence-corrected chi connectivity index (χ3v) is 3.62. The Morgan fingerprint density at radius 2 is 2.47 bits per heavy atom. The summed E-state index contributed by atoms with van der Waals surface area (Å²) in [6.07, 6.45) is 0.550. The number of ether oxygens (including phenoxy) is 1. The molecule has 0 radical (unpaired) electrons. The molecule has 96 valence electrons. The maximum absolute atomic E-state index is 11.8. The lowest BCUT2D eigenvalue weighted by molar-refractivity contribution is 0.0187. The zero-order valence-electron chi connectivity index (χ0n) is 9.49. The van der Waals surface area contributed by atoms with Crippen molar-refractivity contribution in [3.8, 4) is 0 Å². The van der Waals surface area contributed by atoms with Crippen LogP contribution in [0.1, 0.15) is 29.6 Å². The molecule has 2 rings (SSSR count). The van der Waals surface area contributed by atoms with Crippen molar-refractivity contribution in [2.75, 3.05) is 19.8 Å². The van der Waals surface area contributed by atoms with Gasteiger partial charge in [0.2, 0.25) is 0 Å². The van der Waals surface area contributed by atoms with Gasteiger partial charge in [0.05, 0.1) is 23.4 Å². The Morgan fingerprint density at radius 1 is 1.59 bits per heavy atom. The van der Waals surface area contributed by atoms with Crippen LogP contribution in [-0.4, -0.2) is 31.2 Å². The summed E-state index contributed by atoms with van der Waals surface area (Å²) in [5.74, 6) is 0. The number of rotatable bonds is 6. The summed E-state index contributed by atoms with van der Waals surface area (Å²) < 4.78 is 28.5. The minimum atomic E-state index is -2.38. The first-order valence-corrected chi connectivity index (χ1v) is 6.67. The molecule has 1 saturated heterocycles. The molecule has 0 aromatic carbocycles. The van der Waals surface area contributed by atoms with Gasteiger partial charge >= 0.3 is 0 Å². The van der Waals surface area contributed by atoms with Gasteiger partial charge in [-0.25, -0.2) is 13.8 Å². The molecule has 1 aromatic heterocycles. The molecule has 0 spiro atoms. The smallest absolute Gasteiger partial charge is 0.261 e. The first-order chi connectivity index (χ1) is 8.25. The highest BCUT2D eigenvalue weighted by Crippen LogP contribution is 2.24. The number of aromatic nitrogens is 1. The summed E-state index contributed by atoms with van der Waals surface area (Å²) in [6, 6.07) is 0.377. The Balaban J connectivity index is 1.74. The number of hydrogen-bond acceptors (Lipinski definition) is 4. The van der Waals surface area contributed by atoms with Crippen LogP contribution in [0.3, 0.4) is 0 Å². The van der Waals surface area contributed by atoms with Crippen molar-refractivity contribution in [1.82, 2.24) is 10.3 Å². The van der Waals surface area contributed by atoms with Gasteiger partial charge in [0, 0.05) is 11.8 Å². The van der Waals surface area contributed by atoms with Gasteiger partial charge in [-0.3, -0.25) is 0 Å². The SMILES string of the molecule is FC(F)COCCc1nc([C@@H]2CCCN2)cs1. The lowest BCUT2D eigenvalue weighted by Gasteiger charge is -2.05. The number of nitrogens with zero attached hydrogens (tertiary/aromatic N) is 1. The van der Waals surface area contributed by atoms with Gasteiger partial charge in [0.25, 0.3) is 6.43 Å². The van der Waals surface area contributed by atoms with Crippen molar-refractivity contribution < 1.29 is 13.5 Å². The first-order valence-electron chi connectivity index (χ1n) is 5.79. The Kier molecular flexibility index (Phi) is 4.82. The fourth-order valence-corrected chi connectivity index (χ4v) is 2.70. The lowest BCUT2D eigenvalue weighted by atomic mass is 10.2. The summed E-state index contributed by atoms with van der Waals surface area (Å²) in [5.41, 5.74) is 1.08. The van der Waals surface area contributed by atoms with Gasteiger partial charge in [-0.2, -0.15) is 0 Å². The minimum absolute atomic E-state index is 0.315. The third kappa shape index (κ3) is 3.97. The van der Waals surface area contributed by atoms with Crippen molar-refractivity contribution in [2.24, 2.45) is 0 Å². The van der Waals surface area contributed by atoms with Gasteiger partial charge in [0.1, 0.15) is 6.61 Å². The van der Waals surface area contributed by atoms with Gasteiger partial charge in [-0.15, -0.1) is 11.3 Å². The van der Waals surface area contributed by atoms with Crippen LogP contribution >= 0.6 is 11.3 Å². The average Bonchev–Trinajstić information content (AvgIpc) is 2.94. The largest absolute Gasteiger partial charge is 0.375 e. The Labute approximate surface area is 103 Å². The Hall–Kier alpha value is -0.590. The van der Waals surface area contributed by atoms with E-state index in [4.69, 9.17) is 4.74 Å². The molecule has 1 aromatic rings. The van der Waals surface area contributed by atoms with Gasteiger partial charge in [-0.05, 0) is 19.4 Å². The summed E-state index contributed by atoms with van der Waals surface area (Å²) in [7, 11) is 0. The summed E-state index contributed by atoms with van der Waals surface area (Å²) in [4.78, 5) is 4.50. The van der Waals surface area contributed by atoms with Crippen LogP contribution in [0.2, 0.25) is 0 Å². The second kappa shape index (κ2) is 6.37. The number of nitrogens with one attached hydrogen (secondary N) is 1. The molecule has 0 saturated carbocycles. The predicted octanol–water partition coefficient (Wildman–Crippen LogP) is 2.39. The van der Waals surface area contributed by atoms with E-state index in [0.717, 1.165) is 23.7 Å². The standard InChI is InChI=1S/C11H16F2N2OS/c12-10(13)6-16-5-3-11-15-9(7-17-11)8-2-1-4-14-8/h7-8,10,14H,1-6H2/t8-/m0/s1. The fourth-order valence-electron chi connectivity index (χ4n) is 1.87. The van der Waals surface area contributed by atoms with E-state index < -0.39 is 13.0 Å². The van der Waals surface area contributed by atoms with Crippen LogP contribution in [0.15, 0.2) is 5.38 Å². The molecule has 17 heavy (non-hydrogen) atoms. The molecule has 2 heterocycles. The Bertz CT molecular complexity index is 340. The lowest BCUT2D eigenvalue weighted by Crippen LogP contribution is -2.13. The molecule has 0 unspecified atom stereocenters. The highest BCUT2D eigenvalue weighted by atomic mass is 32.1. The zero-order chi connectivity index (χ0) is 12.1. The molecule has 6 heteroatoms. The highest BCUT2D eigenvalue weighted by molar-refractivity contribution is 7.09. The predicted molar refractivity (Wildman–Crippen MR) is 62.6 cm³/mol. The molecular weight excluding hydrogens is 246 g/mol. The van der Waals surface area contributed by atoms with Crippen LogP contribution in [0.25, 0.3) is 0 Å². The number of alkyl halides is 2. The number of halogens is 2. The molecule has 1 aliphatic rings. The van der Waals surface area contributed by atoms with Gasteiger partial charge in [0.15, 0.2) is 0 Å². The summed E-state index contributed by atoms with van der Waals surface area (Å²) in [6.45, 7) is 0.882. The van der Waals surface area contributed by atoms with E-state index in [1.54, 1.807) is 11.3 Å². The second-order valence-electron chi connectivity index (χ2n) is 4.03. The van der Waals surface area contributed by atoms with E-state index in [1.807, 2.05) is 5.38 Å². The maximum Gasteiger partial charge on any atom is 0.261 e. The van der Waals surface area contributed by atoms with Crippen molar-refractivity contribution >= 4 is 11.3 Å². The normalized spacial score (nSPS) is 20.3. The van der Waals surface area contributed by atoms with Crippen LogP contribution in [-0.2, 0) is 11.2 Å². The number of hydrogen-bond donors (Lipinski definition) is 1. The molecule has 0 bridgehead atoms. The Morgan fingerprint density at radius 3 is 3.18 bits per heavy atom. The van der Waals surface area contributed by atoms with E-state index in [1.165, 1.54) is 6.42 Å². The van der Waals surface area contributed by atoms with Crippen molar-refractivity contribution in [1.29, 1.82) is 0 Å². The van der Waals surface area contributed by atoms with Crippen molar-refractivity contribution in [3.05, 3.63) is 16.1 Å². The second-order valence-corrected chi connectivity index (χ2v) is 4.97. The zero-order valence-corrected chi connectivity index (χ0v) is 10.3. The topological polar surface area (TPSA) is 34.1 Å². The van der Waals surface area contributed by atoms with Crippen LogP contribution in [0.4, 0.5) is 8.78 Å². The average molecular weight is 262 g/mol. The monoisotopic (exact) mass is 262 g/mol. The number of thiazole rings is 1. The maximum atomic E-state index is 11.8. The van der Waals surface area contributed by atoms with Crippen LogP contribution in [0.5, 0.6) is 0 Å². The third-order valence-electron chi connectivity index (χ3n) is 2.69. The van der Waals surface area contributed by atoms with Crippen molar-refractivity contribution in [2.45, 2.75) is 31.7 Å².